The molecule has 0 saturated carbocycles. The summed E-state index contributed by atoms with van der Waals surface area (Å²) in [6, 6.07) is 2.30. The van der Waals surface area contributed by atoms with E-state index in [1.165, 1.54) is 28.7 Å². The molecule has 0 atom stereocenters. The van der Waals surface area contributed by atoms with Crippen LogP contribution in [0.25, 0.3) is 0 Å². The predicted octanol–water partition coefficient (Wildman–Crippen LogP) is 4.98. The number of hydrogen-bond acceptors (Lipinski definition) is 0. The van der Waals surface area contributed by atoms with Gasteiger partial charge in [-0.3, -0.25) is 0 Å². The smallest absolute Gasteiger partial charge is 0.00395 e. The van der Waals surface area contributed by atoms with Crippen LogP contribution < -0.4 is 0 Å². The van der Waals surface area contributed by atoms with Crippen LogP contribution in [0.1, 0.15) is 48.1 Å². The molecule has 0 amide bonds. The molecule has 0 aromatic heterocycles. The minimum absolute atomic E-state index is 0.258. The zero-order valence-electron chi connectivity index (χ0n) is 11.4. The van der Waals surface area contributed by atoms with E-state index in [1.807, 2.05) is 0 Å². The summed E-state index contributed by atoms with van der Waals surface area (Å²) < 4.78 is 0. The molecule has 1 aromatic carbocycles. The second kappa shape index (κ2) is 4.91. The van der Waals surface area contributed by atoms with Crippen LogP contribution in [-0.4, -0.2) is 5.33 Å². The molecule has 1 rings (SSSR count). The van der Waals surface area contributed by atoms with Crippen molar-refractivity contribution in [1.29, 1.82) is 0 Å². The molecule has 1 heteroatoms. The van der Waals surface area contributed by atoms with Gasteiger partial charge in [0.1, 0.15) is 0 Å². The molecule has 90 valence electrons. The van der Waals surface area contributed by atoms with Crippen LogP contribution in [0.3, 0.4) is 0 Å². The molecule has 0 bridgehead atoms. The van der Waals surface area contributed by atoms with Crippen LogP contribution in [0.5, 0.6) is 0 Å². The van der Waals surface area contributed by atoms with E-state index in [-0.39, 0.29) is 5.41 Å². The van der Waals surface area contributed by atoms with Crippen molar-refractivity contribution in [3.05, 3.63) is 33.9 Å². The summed E-state index contributed by atoms with van der Waals surface area (Å²) in [6.45, 7) is 13.6. The molecule has 0 saturated heterocycles. The molecule has 0 nitrogen and oxygen atoms in total. The summed E-state index contributed by atoms with van der Waals surface area (Å²) in [5.41, 5.74) is 7.57. The molecule has 16 heavy (non-hydrogen) atoms. The van der Waals surface area contributed by atoms with E-state index in [2.05, 4.69) is 63.5 Å². The lowest BCUT2D eigenvalue weighted by Crippen LogP contribution is -2.21. The molecule has 0 aliphatic carbocycles. The average molecular weight is 283 g/mol. The SMILES string of the molecule is Cc1cc(C)c(C)c(C(C)(C)CCBr)c1C. The van der Waals surface area contributed by atoms with Crippen LogP contribution in [-0.2, 0) is 5.41 Å². The van der Waals surface area contributed by atoms with Gasteiger partial charge in [0, 0.05) is 5.33 Å². The van der Waals surface area contributed by atoms with Crippen molar-refractivity contribution in [2.24, 2.45) is 0 Å². The first kappa shape index (κ1) is 13.8. The molecule has 0 N–H and O–H groups in total. The molecule has 0 heterocycles. The number of halogens is 1. The summed E-state index contributed by atoms with van der Waals surface area (Å²) >= 11 is 3.57. The molecule has 0 aliphatic heterocycles. The Morgan fingerprint density at radius 1 is 1.00 bits per heavy atom. The third-order valence-corrected chi connectivity index (χ3v) is 4.16. The van der Waals surface area contributed by atoms with Crippen LogP contribution in [0.2, 0.25) is 0 Å². The Hall–Kier alpha value is -0.300. The third kappa shape index (κ3) is 2.51. The minimum Gasteiger partial charge on any atom is -0.0928 e. The Balaban J connectivity index is 3.42. The first-order valence-electron chi connectivity index (χ1n) is 5.95. The Kier molecular flexibility index (Phi) is 4.23. The Bertz CT molecular complexity index is 363. The first-order valence-corrected chi connectivity index (χ1v) is 7.07. The van der Waals surface area contributed by atoms with Gasteiger partial charge >= 0.3 is 0 Å². The molecule has 0 fully saturated rings. The van der Waals surface area contributed by atoms with Crippen LogP contribution in [0.4, 0.5) is 0 Å². The van der Waals surface area contributed by atoms with Gasteiger partial charge in [0.25, 0.3) is 0 Å². The fraction of sp³-hybridized carbons (Fsp3) is 0.600. The van der Waals surface area contributed by atoms with Crippen molar-refractivity contribution in [2.75, 3.05) is 5.33 Å². The summed E-state index contributed by atoms with van der Waals surface area (Å²) in [5.74, 6) is 0. The highest BCUT2D eigenvalue weighted by Gasteiger charge is 2.25. The second-order valence-corrected chi connectivity index (χ2v) is 6.25. The van der Waals surface area contributed by atoms with Crippen molar-refractivity contribution in [1.82, 2.24) is 0 Å². The van der Waals surface area contributed by atoms with Crippen LogP contribution in [0, 0.1) is 27.7 Å². The van der Waals surface area contributed by atoms with Gasteiger partial charge in [-0.05, 0) is 67.3 Å². The second-order valence-electron chi connectivity index (χ2n) is 5.46. The standard InChI is InChI=1S/C15H23Br/c1-10-9-11(2)13(4)14(12(10)3)15(5,6)7-8-16/h9H,7-8H2,1-6H3. The maximum Gasteiger partial charge on any atom is 0.00395 e. The molecule has 0 radical (unpaired) electrons. The van der Waals surface area contributed by atoms with Gasteiger partial charge in [0.15, 0.2) is 0 Å². The zero-order chi connectivity index (χ0) is 12.5. The van der Waals surface area contributed by atoms with Crippen molar-refractivity contribution in [3.63, 3.8) is 0 Å². The van der Waals surface area contributed by atoms with E-state index >= 15 is 0 Å². The highest BCUT2D eigenvalue weighted by molar-refractivity contribution is 9.09. The Labute approximate surface area is 109 Å². The first-order chi connectivity index (χ1) is 7.31. The zero-order valence-corrected chi connectivity index (χ0v) is 13.0. The van der Waals surface area contributed by atoms with Gasteiger partial charge in [-0.1, -0.05) is 35.8 Å². The van der Waals surface area contributed by atoms with Gasteiger partial charge in [-0.25, -0.2) is 0 Å². The minimum atomic E-state index is 0.258. The molecular formula is C15H23Br. The normalized spacial score (nSPS) is 11.9. The topological polar surface area (TPSA) is 0 Å². The Morgan fingerprint density at radius 2 is 1.44 bits per heavy atom. The number of rotatable bonds is 3. The summed E-state index contributed by atoms with van der Waals surface area (Å²) in [4.78, 5) is 0. The number of hydrogen-bond donors (Lipinski definition) is 0. The fourth-order valence-electron chi connectivity index (χ4n) is 2.59. The molecule has 0 unspecified atom stereocenters. The van der Waals surface area contributed by atoms with Gasteiger partial charge in [0.2, 0.25) is 0 Å². The van der Waals surface area contributed by atoms with Gasteiger partial charge in [0.05, 0.1) is 0 Å². The van der Waals surface area contributed by atoms with Gasteiger partial charge in [-0.2, -0.15) is 0 Å². The van der Waals surface area contributed by atoms with Crippen molar-refractivity contribution in [2.45, 2.75) is 53.4 Å². The lowest BCUT2D eigenvalue weighted by Gasteiger charge is -2.30. The van der Waals surface area contributed by atoms with Crippen LogP contribution >= 0.6 is 15.9 Å². The van der Waals surface area contributed by atoms with E-state index in [0.29, 0.717) is 0 Å². The lowest BCUT2D eigenvalue weighted by atomic mass is 9.75. The summed E-state index contributed by atoms with van der Waals surface area (Å²) in [6.07, 6.45) is 1.18. The molecule has 0 spiro atoms. The predicted molar refractivity (Wildman–Crippen MR) is 76.8 cm³/mol. The van der Waals surface area contributed by atoms with E-state index < -0.39 is 0 Å². The van der Waals surface area contributed by atoms with E-state index in [1.54, 1.807) is 5.56 Å². The van der Waals surface area contributed by atoms with Gasteiger partial charge < -0.3 is 0 Å². The van der Waals surface area contributed by atoms with E-state index in [4.69, 9.17) is 0 Å². The van der Waals surface area contributed by atoms with Gasteiger partial charge in [-0.15, -0.1) is 0 Å². The monoisotopic (exact) mass is 282 g/mol. The highest BCUT2D eigenvalue weighted by Crippen LogP contribution is 2.35. The van der Waals surface area contributed by atoms with Crippen molar-refractivity contribution in [3.8, 4) is 0 Å². The summed E-state index contributed by atoms with van der Waals surface area (Å²) in [5, 5.41) is 1.06. The lowest BCUT2D eigenvalue weighted by molar-refractivity contribution is 0.505. The largest absolute Gasteiger partial charge is 0.0928 e. The molecule has 0 aliphatic rings. The van der Waals surface area contributed by atoms with Crippen molar-refractivity contribution >= 4 is 15.9 Å². The van der Waals surface area contributed by atoms with E-state index in [0.717, 1.165) is 5.33 Å². The number of aryl methyl sites for hydroxylation is 2. The van der Waals surface area contributed by atoms with Crippen LogP contribution in [0.15, 0.2) is 6.07 Å². The number of alkyl halides is 1. The fourth-order valence-corrected chi connectivity index (χ4v) is 3.58. The number of benzene rings is 1. The van der Waals surface area contributed by atoms with Crippen molar-refractivity contribution < 1.29 is 0 Å². The third-order valence-electron chi connectivity index (χ3n) is 3.76. The summed E-state index contributed by atoms with van der Waals surface area (Å²) in [7, 11) is 0. The maximum atomic E-state index is 3.57. The quantitative estimate of drug-likeness (QED) is 0.686. The van der Waals surface area contributed by atoms with E-state index in [9.17, 15) is 0 Å². The molecule has 1 aromatic rings. The highest BCUT2D eigenvalue weighted by atomic mass is 79.9. The average Bonchev–Trinajstić information content (AvgIpc) is 2.14. The molecular weight excluding hydrogens is 260 g/mol. The Morgan fingerprint density at radius 3 is 1.81 bits per heavy atom. The maximum absolute atomic E-state index is 3.57.